The third kappa shape index (κ3) is 4.48. The van der Waals surface area contributed by atoms with Crippen molar-refractivity contribution in [1.82, 2.24) is 5.32 Å². The van der Waals surface area contributed by atoms with Crippen LogP contribution in [0.15, 0.2) is 18.2 Å². The molecular formula is C14H20N2O4. The Morgan fingerprint density at radius 2 is 2.30 bits per heavy atom. The first-order valence-electron chi connectivity index (χ1n) is 6.74. The molecule has 0 spiro atoms. The van der Waals surface area contributed by atoms with Crippen molar-refractivity contribution >= 4 is 11.6 Å². The lowest BCUT2D eigenvalue weighted by atomic mass is 10.1. The Kier molecular flexibility index (Phi) is 5.79. The van der Waals surface area contributed by atoms with Gasteiger partial charge in [-0.05, 0) is 30.7 Å². The molecule has 0 aliphatic carbocycles. The Morgan fingerprint density at radius 3 is 3.15 bits per heavy atom. The highest BCUT2D eigenvalue weighted by Crippen LogP contribution is 2.28. The summed E-state index contributed by atoms with van der Waals surface area (Å²) in [5.74, 6) is 0.592. The maximum atomic E-state index is 11.2. The van der Waals surface area contributed by atoms with Gasteiger partial charge in [-0.1, -0.05) is 6.07 Å². The van der Waals surface area contributed by atoms with E-state index in [1.807, 2.05) is 18.2 Å². The van der Waals surface area contributed by atoms with Crippen LogP contribution in [0, 0.1) is 0 Å². The minimum atomic E-state index is -0.122. The number of hydrogen-bond donors (Lipinski definition) is 3. The van der Waals surface area contributed by atoms with E-state index in [1.165, 1.54) is 0 Å². The molecule has 6 heteroatoms. The van der Waals surface area contributed by atoms with Crippen molar-refractivity contribution in [1.29, 1.82) is 0 Å². The summed E-state index contributed by atoms with van der Waals surface area (Å²) in [6.07, 6.45) is 0.894. The second kappa shape index (κ2) is 7.84. The Bertz CT molecular complexity index is 451. The van der Waals surface area contributed by atoms with Crippen LogP contribution in [0.4, 0.5) is 5.69 Å². The zero-order chi connectivity index (χ0) is 14.2. The van der Waals surface area contributed by atoms with Crippen LogP contribution < -0.4 is 15.4 Å². The maximum Gasteiger partial charge on any atom is 0.262 e. The molecule has 0 saturated carbocycles. The first-order valence-corrected chi connectivity index (χ1v) is 6.74. The molecule has 1 aromatic rings. The minimum absolute atomic E-state index is 0.0658. The van der Waals surface area contributed by atoms with Crippen LogP contribution in [0.25, 0.3) is 0 Å². The van der Waals surface area contributed by atoms with Crippen LogP contribution in [0.1, 0.15) is 12.0 Å². The first-order chi connectivity index (χ1) is 9.79. The number of nitrogens with one attached hydrogen (secondary N) is 2. The highest BCUT2D eigenvalue weighted by atomic mass is 16.5. The number of fused-ring (bicyclic) bond motifs is 1. The van der Waals surface area contributed by atoms with Crippen molar-refractivity contribution in [2.75, 3.05) is 38.3 Å². The van der Waals surface area contributed by atoms with Gasteiger partial charge < -0.3 is 25.2 Å². The molecule has 6 nitrogen and oxygen atoms in total. The number of aliphatic hydroxyl groups excluding tert-OH is 1. The molecule has 0 saturated heterocycles. The molecule has 0 fully saturated rings. The largest absolute Gasteiger partial charge is 0.482 e. The quantitative estimate of drug-likeness (QED) is 0.605. The standard InChI is InChI=1S/C14H20N2O4/c17-5-7-19-6-1-4-15-9-11-2-3-13-12(8-11)16-14(18)10-20-13/h2-3,8,15,17H,1,4-7,9-10H2,(H,16,18). The highest BCUT2D eigenvalue weighted by Gasteiger charge is 2.15. The second-order valence-corrected chi connectivity index (χ2v) is 4.53. The highest BCUT2D eigenvalue weighted by molar-refractivity contribution is 5.95. The van der Waals surface area contributed by atoms with Crippen LogP contribution in [0.2, 0.25) is 0 Å². The molecule has 1 aliphatic heterocycles. The third-order valence-corrected chi connectivity index (χ3v) is 2.88. The number of ether oxygens (including phenoxy) is 2. The Morgan fingerprint density at radius 1 is 1.40 bits per heavy atom. The fourth-order valence-corrected chi connectivity index (χ4v) is 1.94. The number of hydrogen-bond acceptors (Lipinski definition) is 5. The molecule has 0 atom stereocenters. The number of carbonyl (C=O) groups excluding carboxylic acids is 1. The summed E-state index contributed by atoms with van der Waals surface area (Å²) in [6, 6.07) is 5.77. The van der Waals surface area contributed by atoms with Crippen molar-refractivity contribution in [2.24, 2.45) is 0 Å². The van der Waals surface area contributed by atoms with Gasteiger partial charge in [0.05, 0.1) is 18.9 Å². The Hall–Kier alpha value is -1.63. The minimum Gasteiger partial charge on any atom is -0.482 e. The maximum absolute atomic E-state index is 11.2. The average molecular weight is 280 g/mol. The molecular weight excluding hydrogens is 260 g/mol. The van der Waals surface area contributed by atoms with E-state index in [0.717, 1.165) is 30.8 Å². The predicted octanol–water partition coefficient (Wildman–Crippen LogP) is 0.506. The molecule has 20 heavy (non-hydrogen) atoms. The molecule has 1 heterocycles. The van der Waals surface area contributed by atoms with E-state index in [-0.39, 0.29) is 19.1 Å². The van der Waals surface area contributed by atoms with Crippen molar-refractivity contribution in [2.45, 2.75) is 13.0 Å². The smallest absolute Gasteiger partial charge is 0.262 e. The van der Waals surface area contributed by atoms with Gasteiger partial charge in [-0.2, -0.15) is 0 Å². The van der Waals surface area contributed by atoms with Gasteiger partial charge in [0.2, 0.25) is 0 Å². The molecule has 2 rings (SSSR count). The lowest BCUT2D eigenvalue weighted by Crippen LogP contribution is -2.25. The normalized spacial score (nSPS) is 13.6. The zero-order valence-electron chi connectivity index (χ0n) is 11.4. The van der Waals surface area contributed by atoms with Gasteiger partial charge in [0.25, 0.3) is 5.91 Å². The summed E-state index contributed by atoms with van der Waals surface area (Å²) in [7, 11) is 0. The van der Waals surface area contributed by atoms with Crippen molar-refractivity contribution < 1.29 is 19.4 Å². The van der Waals surface area contributed by atoms with E-state index in [9.17, 15) is 4.79 Å². The van der Waals surface area contributed by atoms with Crippen LogP contribution in [0.5, 0.6) is 5.75 Å². The fraction of sp³-hybridized carbons (Fsp3) is 0.500. The molecule has 1 aromatic carbocycles. The summed E-state index contributed by atoms with van der Waals surface area (Å²) in [5.41, 5.74) is 1.82. The molecule has 110 valence electrons. The van der Waals surface area contributed by atoms with Crippen molar-refractivity contribution in [3.05, 3.63) is 23.8 Å². The summed E-state index contributed by atoms with van der Waals surface area (Å²) in [4.78, 5) is 11.2. The summed E-state index contributed by atoms with van der Waals surface area (Å²) in [5, 5.41) is 14.6. The topological polar surface area (TPSA) is 79.8 Å². The molecule has 0 bridgehead atoms. The molecule has 3 N–H and O–H groups in total. The van der Waals surface area contributed by atoms with Gasteiger partial charge in [-0.3, -0.25) is 4.79 Å². The summed E-state index contributed by atoms with van der Waals surface area (Å²) in [6.45, 7) is 2.75. The lowest BCUT2D eigenvalue weighted by molar-refractivity contribution is -0.118. The number of benzene rings is 1. The number of amides is 1. The molecule has 0 aromatic heterocycles. The van der Waals surface area contributed by atoms with Gasteiger partial charge in [0, 0.05) is 13.2 Å². The van der Waals surface area contributed by atoms with Gasteiger partial charge in [-0.25, -0.2) is 0 Å². The van der Waals surface area contributed by atoms with E-state index in [1.54, 1.807) is 0 Å². The predicted molar refractivity (Wildman–Crippen MR) is 74.8 cm³/mol. The number of aliphatic hydroxyl groups is 1. The molecule has 0 radical (unpaired) electrons. The van der Waals surface area contributed by atoms with Crippen LogP contribution in [-0.4, -0.2) is 44.0 Å². The van der Waals surface area contributed by atoms with Gasteiger partial charge in [0.1, 0.15) is 5.75 Å². The lowest BCUT2D eigenvalue weighted by Gasteiger charge is -2.18. The average Bonchev–Trinajstić information content (AvgIpc) is 2.46. The number of rotatable bonds is 8. The number of carbonyl (C=O) groups is 1. The SMILES string of the molecule is O=C1COc2ccc(CNCCCOCCO)cc2N1. The van der Waals surface area contributed by atoms with Crippen LogP contribution in [-0.2, 0) is 16.1 Å². The van der Waals surface area contributed by atoms with Gasteiger partial charge >= 0.3 is 0 Å². The fourth-order valence-electron chi connectivity index (χ4n) is 1.94. The Balaban J connectivity index is 1.71. The van der Waals surface area contributed by atoms with Crippen LogP contribution in [0.3, 0.4) is 0 Å². The zero-order valence-corrected chi connectivity index (χ0v) is 11.4. The summed E-state index contributed by atoms with van der Waals surface area (Å²) >= 11 is 0. The van der Waals surface area contributed by atoms with E-state index in [2.05, 4.69) is 10.6 Å². The monoisotopic (exact) mass is 280 g/mol. The first kappa shape index (κ1) is 14.8. The molecule has 1 aliphatic rings. The van der Waals surface area contributed by atoms with E-state index < -0.39 is 0 Å². The van der Waals surface area contributed by atoms with Crippen LogP contribution >= 0.6 is 0 Å². The summed E-state index contributed by atoms with van der Waals surface area (Å²) < 4.78 is 10.5. The van der Waals surface area contributed by atoms with E-state index in [4.69, 9.17) is 14.6 Å². The van der Waals surface area contributed by atoms with Gasteiger partial charge in [0.15, 0.2) is 6.61 Å². The molecule has 1 amide bonds. The number of anilines is 1. The second-order valence-electron chi connectivity index (χ2n) is 4.53. The van der Waals surface area contributed by atoms with Crippen molar-refractivity contribution in [3.8, 4) is 5.75 Å². The van der Waals surface area contributed by atoms with Crippen molar-refractivity contribution in [3.63, 3.8) is 0 Å². The third-order valence-electron chi connectivity index (χ3n) is 2.88. The Labute approximate surface area is 118 Å². The van der Waals surface area contributed by atoms with Gasteiger partial charge in [-0.15, -0.1) is 0 Å². The van der Waals surface area contributed by atoms with E-state index in [0.29, 0.717) is 19.0 Å². The molecule has 0 unspecified atom stereocenters. The van der Waals surface area contributed by atoms with E-state index >= 15 is 0 Å².